The predicted molar refractivity (Wildman–Crippen MR) is 124 cm³/mol. The van der Waals surface area contributed by atoms with Gasteiger partial charge >= 0.3 is 12.1 Å². The van der Waals surface area contributed by atoms with Gasteiger partial charge in [-0.15, -0.1) is 12.4 Å². The molecule has 0 aromatic heterocycles. The molecular weight excluding hydrogens is 491 g/mol. The lowest BCUT2D eigenvalue weighted by Crippen LogP contribution is -2.43. The molecule has 0 radical (unpaired) electrons. The van der Waals surface area contributed by atoms with Crippen molar-refractivity contribution < 1.29 is 26.4 Å². The van der Waals surface area contributed by atoms with Gasteiger partial charge in [0.1, 0.15) is 0 Å². The minimum absolute atomic E-state index is 0. The Morgan fingerprint density at radius 2 is 1.62 bits per heavy atom. The van der Waals surface area contributed by atoms with Gasteiger partial charge in [-0.25, -0.2) is 13.1 Å². The van der Waals surface area contributed by atoms with E-state index < -0.39 is 22.1 Å². The molecule has 0 bridgehead atoms. The maximum Gasteiger partial charge on any atom is 0.471 e. The quantitative estimate of drug-likeness (QED) is 0.597. The van der Waals surface area contributed by atoms with Crippen LogP contribution in [-0.4, -0.2) is 56.5 Å². The van der Waals surface area contributed by atoms with E-state index in [4.69, 9.17) is 0 Å². The summed E-state index contributed by atoms with van der Waals surface area (Å²) in [7, 11) is -3.81. The Hall–Kier alpha value is -2.14. The molecule has 0 unspecified atom stereocenters. The lowest BCUT2D eigenvalue weighted by molar-refractivity contribution is -0.186. The summed E-state index contributed by atoms with van der Waals surface area (Å²) in [6.45, 7) is 2.50. The number of amides is 1. The minimum atomic E-state index is -4.95. The summed E-state index contributed by atoms with van der Waals surface area (Å²) >= 11 is 0. The summed E-state index contributed by atoms with van der Waals surface area (Å²) < 4.78 is 66.3. The van der Waals surface area contributed by atoms with Crippen LogP contribution in [0.3, 0.4) is 0 Å². The van der Waals surface area contributed by atoms with Crippen LogP contribution < -0.4 is 4.72 Å². The largest absolute Gasteiger partial charge is 0.471 e. The van der Waals surface area contributed by atoms with Gasteiger partial charge in [0.15, 0.2) is 0 Å². The third-order valence-corrected chi connectivity index (χ3v) is 7.64. The zero-order valence-electron chi connectivity index (χ0n) is 18.5. The van der Waals surface area contributed by atoms with E-state index in [9.17, 15) is 26.4 Å². The highest BCUT2D eigenvalue weighted by Crippen LogP contribution is 2.26. The van der Waals surface area contributed by atoms with Gasteiger partial charge < -0.3 is 4.90 Å². The van der Waals surface area contributed by atoms with Crippen molar-refractivity contribution in [1.29, 1.82) is 0 Å². The number of rotatable bonds is 6. The molecule has 0 spiro atoms. The molecule has 2 aliphatic rings. The Kier molecular flexibility index (Phi) is 8.28. The average Bonchev–Trinajstić information content (AvgIpc) is 2.80. The number of alkyl halides is 3. The fraction of sp³-hybridized carbons (Fsp3) is 0.435. The SMILES string of the molecule is Cl.O=C(N1CCc2ccc(S(=O)(=O)NCCCN3CCc4ccccc4C3)cc2C1)C(F)(F)F. The van der Waals surface area contributed by atoms with Crippen molar-refractivity contribution >= 4 is 28.3 Å². The van der Waals surface area contributed by atoms with Crippen molar-refractivity contribution in [1.82, 2.24) is 14.5 Å². The van der Waals surface area contributed by atoms with Gasteiger partial charge in [-0.1, -0.05) is 30.3 Å². The lowest BCUT2D eigenvalue weighted by atomic mass is 10.00. The number of nitrogens with one attached hydrogen (secondary N) is 1. The van der Waals surface area contributed by atoms with Crippen molar-refractivity contribution in [3.05, 3.63) is 64.7 Å². The van der Waals surface area contributed by atoms with Gasteiger partial charge in [-0.3, -0.25) is 9.69 Å². The number of halogens is 4. The van der Waals surface area contributed by atoms with Crippen LogP contribution in [0, 0.1) is 0 Å². The van der Waals surface area contributed by atoms with Crippen molar-refractivity contribution in [2.45, 2.75) is 43.4 Å². The molecule has 4 rings (SSSR count). The van der Waals surface area contributed by atoms with E-state index in [1.54, 1.807) is 6.07 Å². The number of carbonyl (C=O) groups excluding carboxylic acids is 1. The molecule has 2 heterocycles. The summed E-state index contributed by atoms with van der Waals surface area (Å²) in [6, 6.07) is 12.8. The third kappa shape index (κ3) is 6.10. The smallest absolute Gasteiger partial charge is 0.330 e. The summed E-state index contributed by atoms with van der Waals surface area (Å²) in [5, 5.41) is 0. The number of fused-ring (bicyclic) bond motifs is 2. The van der Waals surface area contributed by atoms with Crippen LogP contribution in [0.4, 0.5) is 13.2 Å². The summed E-state index contributed by atoms with van der Waals surface area (Å²) in [6.07, 6.45) is -3.08. The zero-order chi connectivity index (χ0) is 23.6. The molecule has 2 aromatic rings. The van der Waals surface area contributed by atoms with E-state index in [1.165, 1.54) is 23.3 Å². The number of hydrogen-bond donors (Lipinski definition) is 1. The van der Waals surface area contributed by atoms with E-state index in [2.05, 4.69) is 21.8 Å². The summed E-state index contributed by atoms with van der Waals surface area (Å²) in [5.74, 6) is -1.90. The maximum atomic E-state index is 12.8. The molecular formula is C23H27ClF3N3O3S. The van der Waals surface area contributed by atoms with Crippen LogP contribution in [-0.2, 0) is 40.7 Å². The average molecular weight is 518 g/mol. The first-order chi connectivity index (χ1) is 15.6. The summed E-state index contributed by atoms with van der Waals surface area (Å²) in [4.78, 5) is 14.6. The number of benzene rings is 2. The molecule has 0 saturated heterocycles. The Morgan fingerprint density at radius 3 is 2.35 bits per heavy atom. The standard InChI is InChI=1S/C23H26F3N3O3S.ClH/c24-23(25,26)22(30)29-13-9-18-6-7-21(14-20(18)16-29)33(31,32)27-10-3-11-28-12-8-17-4-1-2-5-19(17)15-28;/h1-2,4-7,14,27H,3,8-13,15-16H2;1H. The topological polar surface area (TPSA) is 69.7 Å². The first kappa shape index (κ1) is 26.5. The lowest BCUT2D eigenvalue weighted by Gasteiger charge is -2.29. The van der Waals surface area contributed by atoms with Gasteiger partial charge in [-0.05, 0) is 60.2 Å². The fourth-order valence-electron chi connectivity index (χ4n) is 4.39. The second kappa shape index (κ2) is 10.6. The highest BCUT2D eigenvalue weighted by atomic mass is 35.5. The molecule has 2 aromatic carbocycles. The Labute approximate surface area is 203 Å². The van der Waals surface area contributed by atoms with Gasteiger partial charge in [0.05, 0.1) is 4.90 Å². The first-order valence-corrected chi connectivity index (χ1v) is 12.4. The molecule has 6 nitrogen and oxygen atoms in total. The summed E-state index contributed by atoms with van der Waals surface area (Å²) in [5.41, 5.74) is 3.84. The highest BCUT2D eigenvalue weighted by molar-refractivity contribution is 7.89. The molecule has 1 N–H and O–H groups in total. The Bertz CT molecular complexity index is 1140. The van der Waals surface area contributed by atoms with E-state index in [-0.39, 0.29) is 43.4 Å². The van der Waals surface area contributed by atoms with Gasteiger partial charge in [0.25, 0.3) is 0 Å². The molecule has 11 heteroatoms. The van der Waals surface area contributed by atoms with Crippen molar-refractivity contribution in [2.75, 3.05) is 26.2 Å². The van der Waals surface area contributed by atoms with Gasteiger partial charge in [0, 0.05) is 32.7 Å². The maximum absolute atomic E-state index is 12.8. The van der Waals surface area contributed by atoms with Crippen molar-refractivity contribution in [3.63, 3.8) is 0 Å². The predicted octanol–water partition coefficient (Wildman–Crippen LogP) is 3.28. The van der Waals surface area contributed by atoms with Gasteiger partial charge in [-0.2, -0.15) is 13.2 Å². The number of hydrogen-bond acceptors (Lipinski definition) is 4. The van der Waals surface area contributed by atoms with Crippen molar-refractivity contribution in [3.8, 4) is 0 Å². The van der Waals surface area contributed by atoms with Crippen molar-refractivity contribution in [2.24, 2.45) is 0 Å². The molecule has 2 aliphatic heterocycles. The molecule has 34 heavy (non-hydrogen) atoms. The van der Waals surface area contributed by atoms with Gasteiger partial charge in [0.2, 0.25) is 10.0 Å². The molecule has 186 valence electrons. The third-order valence-electron chi connectivity index (χ3n) is 6.18. The van der Waals surface area contributed by atoms with E-state index in [1.807, 2.05) is 12.1 Å². The zero-order valence-corrected chi connectivity index (χ0v) is 20.1. The van der Waals surface area contributed by atoms with E-state index in [0.29, 0.717) is 16.9 Å². The number of nitrogens with zero attached hydrogens (tertiary/aromatic N) is 2. The van der Waals surface area contributed by atoms with Crippen LogP contribution in [0.25, 0.3) is 0 Å². The normalized spacial score (nSPS) is 16.4. The number of sulfonamides is 1. The van der Waals surface area contributed by atoms with Crippen LogP contribution >= 0.6 is 12.4 Å². The molecule has 0 saturated carbocycles. The second-order valence-corrected chi connectivity index (χ2v) is 10.2. The fourth-order valence-corrected chi connectivity index (χ4v) is 5.52. The molecule has 0 atom stereocenters. The Morgan fingerprint density at radius 1 is 0.941 bits per heavy atom. The molecule has 1 amide bonds. The van der Waals surface area contributed by atoms with Crippen LogP contribution in [0.15, 0.2) is 47.4 Å². The van der Waals surface area contributed by atoms with E-state index >= 15 is 0 Å². The second-order valence-electron chi connectivity index (χ2n) is 8.45. The first-order valence-electron chi connectivity index (χ1n) is 10.9. The van der Waals surface area contributed by atoms with E-state index in [0.717, 1.165) is 31.6 Å². The van der Waals surface area contributed by atoms with Crippen LogP contribution in [0.5, 0.6) is 0 Å². The minimum Gasteiger partial charge on any atom is -0.330 e. The van der Waals surface area contributed by atoms with Crippen LogP contribution in [0.2, 0.25) is 0 Å². The number of carbonyl (C=O) groups is 1. The van der Waals surface area contributed by atoms with Crippen LogP contribution in [0.1, 0.15) is 28.7 Å². The molecule has 0 fully saturated rings. The molecule has 0 aliphatic carbocycles. The Balaban J connectivity index is 0.00000324. The highest BCUT2D eigenvalue weighted by Gasteiger charge is 2.43. The monoisotopic (exact) mass is 517 g/mol.